The van der Waals surface area contributed by atoms with Crippen molar-refractivity contribution in [3.63, 3.8) is 0 Å². The van der Waals surface area contributed by atoms with Crippen LogP contribution in [0.4, 0.5) is 0 Å². The normalized spacial score (nSPS) is 12.9. The van der Waals surface area contributed by atoms with E-state index in [4.69, 9.17) is 4.74 Å². The lowest BCUT2D eigenvalue weighted by atomic mass is 10.4. The molecule has 0 unspecified atom stereocenters. The zero-order chi connectivity index (χ0) is 14.8. The lowest BCUT2D eigenvalue weighted by Gasteiger charge is -2.06. The number of rotatable bonds is 5. The topological polar surface area (TPSA) is 61.4 Å². The summed E-state index contributed by atoms with van der Waals surface area (Å²) in [4.78, 5) is 16.7. The molecular formula is C14H16N4O2S. The van der Waals surface area contributed by atoms with E-state index in [1.165, 1.54) is 9.08 Å². The number of thiazole rings is 1. The fourth-order valence-electron chi connectivity index (χ4n) is 2.13. The van der Waals surface area contributed by atoms with E-state index in [0.29, 0.717) is 18.8 Å². The average molecular weight is 304 g/mol. The van der Waals surface area contributed by atoms with Crippen LogP contribution in [0.2, 0.25) is 0 Å². The highest BCUT2D eigenvalue weighted by atomic mass is 32.1. The molecule has 1 atom stereocenters. The summed E-state index contributed by atoms with van der Waals surface area (Å²) in [6, 6.07) is 5.48. The molecule has 3 aromatic heterocycles. The van der Waals surface area contributed by atoms with Crippen molar-refractivity contribution in [2.45, 2.75) is 26.5 Å². The molecule has 0 radical (unpaired) electrons. The Morgan fingerprint density at radius 3 is 3.05 bits per heavy atom. The predicted octanol–water partition coefficient (Wildman–Crippen LogP) is 2.10. The minimum atomic E-state index is -0.155. The van der Waals surface area contributed by atoms with E-state index < -0.39 is 0 Å². The SMILES string of the molecule is CCO[C@@H](C)c1nc(Cn2nc3ccccn3c2=O)cs1. The zero-order valence-electron chi connectivity index (χ0n) is 11.9. The molecule has 0 bridgehead atoms. The molecule has 0 aliphatic rings. The summed E-state index contributed by atoms with van der Waals surface area (Å²) in [6.07, 6.45) is 1.69. The predicted molar refractivity (Wildman–Crippen MR) is 80.7 cm³/mol. The third-order valence-electron chi connectivity index (χ3n) is 3.13. The number of aromatic nitrogens is 4. The highest BCUT2D eigenvalue weighted by Gasteiger charge is 2.12. The molecule has 0 aliphatic heterocycles. The van der Waals surface area contributed by atoms with Crippen molar-refractivity contribution < 1.29 is 4.74 Å². The Labute approximate surface area is 125 Å². The number of nitrogens with zero attached hydrogens (tertiary/aromatic N) is 4. The molecule has 0 amide bonds. The minimum Gasteiger partial charge on any atom is -0.372 e. The fourth-order valence-corrected chi connectivity index (χ4v) is 2.94. The second kappa shape index (κ2) is 5.79. The van der Waals surface area contributed by atoms with Crippen molar-refractivity contribution >= 4 is 17.0 Å². The number of hydrogen-bond acceptors (Lipinski definition) is 5. The Bertz CT molecular complexity index is 805. The van der Waals surface area contributed by atoms with E-state index in [0.717, 1.165) is 10.7 Å². The quantitative estimate of drug-likeness (QED) is 0.724. The first-order valence-electron chi connectivity index (χ1n) is 6.79. The summed E-state index contributed by atoms with van der Waals surface area (Å²) in [5, 5.41) is 7.16. The Balaban J connectivity index is 1.85. The molecule has 3 aromatic rings. The van der Waals surface area contributed by atoms with Crippen molar-refractivity contribution in [2.24, 2.45) is 0 Å². The van der Waals surface area contributed by atoms with Gasteiger partial charge in [0.15, 0.2) is 5.65 Å². The van der Waals surface area contributed by atoms with Gasteiger partial charge in [-0.3, -0.25) is 4.40 Å². The standard InChI is InChI=1S/C14H16N4O2S/c1-3-20-10(2)13-15-11(9-21-13)8-18-14(19)17-7-5-4-6-12(17)16-18/h4-7,9-10H,3,8H2,1-2H3/t10-/m0/s1. The highest BCUT2D eigenvalue weighted by Crippen LogP contribution is 2.21. The van der Waals surface area contributed by atoms with Gasteiger partial charge in [-0.1, -0.05) is 6.07 Å². The van der Waals surface area contributed by atoms with Gasteiger partial charge < -0.3 is 4.74 Å². The third kappa shape index (κ3) is 2.74. The Hall–Kier alpha value is -1.99. The van der Waals surface area contributed by atoms with Gasteiger partial charge in [0.2, 0.25) is 0 Å². The molecule has 0 aliphatic carbocycles. The van der Waals surface area contributed by atoms with Crippen LogP contribution in [0.25, 0.3) is 5.65 Å². The lowest BCUT2D eigenvalue weighted by molar-refractivity contribution is 0.0761. The van der Waals surface area contributed by atoms with Crippen molar-refractivity contribution in [3.8, 4) is 0 Å². The maximum absolute atomic E-state index is 12.2. The maximum Gasteiger partial charge on any atom is 0.350 e. The number of pyridine rings is 1. The van der Waals surface area contributed by atoms with Gasteiger partial charge in [0.1, 0.15) is 11.1 Å². The maximum atomic E-state index is 12.2. The largest absolute Gasteiger partial charge is 0.372 e. The molecule has 6 nitrogen and oxygen atoms in total. The Kier molecular flexibility index (Phi) is 3.85. The number of ether oxygens (including phenoxy) is 1. The van der Waals surface area contributed by atoms with E-state index in [2.05, 4.69) is 10.1 Å². The molecule has 0 saturated carbocycles. The van der Waals surface area contributed by atoms with E-state index in [-0.39, 0.29) is 11.8 Å². The van der Waals surface area contributed by atoms with Crippen LogP contribution in [0.5, 0.6) is 0 Å². The van der Waals surface area contributed by atoms with Crippen LogP contribution < -0.4 is 5.69 Å². The minimum absolute atomic E-state index is 0.0217. The number of fused-ring (bicyclic) bond motifs is 1. The van der Waals surface area contributed by atoms with Crippen LogP contribution in [0, 0.1) is 0 Å². The van der Waals surface area contributed by atoms with Crippen LogP contribution in [-0.4, -0.2) is 25.8 Å². The van der Waals surface area contributed by atoms with Crippen LogP contribution in [-0.2, 0) is 11.3 Å². The van der Waals surface area contributed by atoms with Gasteiger partial charge in [-0.25, -0.2) is 14.5 Å². The van der Waals surface area contributed by atoms with Crippen molar-refractivity contribution in [2.75, 3.05) is 6.61 Å². The van der Waals surface area contributed by atoms with Crippen LogP contribution >= 0.6 is 11.3 Å². The third-order valence-corrected chi connectivity index (χ3v) is 4.19. The van der Waals surface area contributed by atoms with Crippen LogP contribution in [0.15, 0.2) is 34.6 Å². The summed E-state index contributed by atoms with van der Waals surface area (Å²) in [7, 11) is 0. The highest BCUT2D eigenvalue weighted by molar-refractivity contribution is 7.09. The molecule has 0 aromatic carbocycles. The molecule has 110 valence electrons. The molecule has 0 fully saturated rings. The summed E-state index contributed by atoms with van der Waals surface area (Å²) in [5.41, 5.74) is 1.31. The summed E-state index contributed by atoms with van der Waals surface area (Å²) in [5.74, 6) is 0. The molecule has 0 saturated heterocycles. The van der Waals surface area contributed by atoms with Crippen molar-refractivity contribution in [3.05, 3.63) is 51.0 Å². The Morgan fingerprint density at radius 2 is 2.29 bits per heavy atom. The second-order valence-electron chi connectivity index (χ2n) is 4.64. The first kappa shape index (κ1) is 14.0. The van der Waals surface area contributed by atoms with Gasteiger partial charge in [-0.05, 0) is 26.0 Å². The smallest absolute Gasteiger partial charge is 0.350 e. The van der Waals surface area contributed by atoms with Gasteiger partial charge in [0, 0.05) is 18.2 Å². The fraction of sp³-hybridized carbons (Fsp3) is 0.357. The molecule has 3 rings (SSSR count). The van der Waals surface area contributed by atoms with Gasteiger partial charge in [0.25, 0.3) is 0 Å². The second-order valence-corrected chi connectivity index (χ2v) is 5.53. The van der Waals surface area contributed by atoms with Gasteiger partial charge in [-0.2, -0.15) is 0 Å². The summed E-state index contributed by atoms with van der Waals surface area (Å²) >= 11 is 1.54. The molecular weight excluding hydrogens is 288 g/mol. The van der Waals surface area contributed by atoms with E-state index in [1.54, 1.807) is 17.5 Å². The summed E-state index contributed by atoms with van der Waals surface area (Å²) < 4.78 is 8.48. The zero-order valence-corrected chi connectivity index (χ0v) is 12.7. The van der Waals surface area contributed by atoms with E-state index in [9.17, 15) is 4.79 Å². The van der Waals surface area contributed by atoms with Crippen molar-refractivity contribution in [1.29, 1.82) is 0 Å². The first-order valence-corrected chi connectivity index (χ1v) is 7.67. The van der Waals surface area contributed by atoms with Gasteiger partial charge >= 0.3 is 5.69 Å². The average Bonchev–Trinajstić information content (AvgIpc) is 3.06. The van der Waals surface area contributed by atoms with Crippen LogP contribution in [0.1, 0.15) is 30.7 Å². The molecule has 3 heterocycles. The first-order chi connectivity index (χ1) is 10.2. The molecule has 7 heteroatoms. The molecule has 0 spiro atoms. The molecule has 21 heavy (non-hydrogen) atoms. The summed E-state index contributed by atoms with van der Waals surface area (Å²) in [6.45, 7) is 4.96. The van der Waals surface area contributed by atoms with Gasteiger partial charge in [0.05, 0.1) is 12.2 Å². The number of hydrogen-bond donors (Lipinski definition) is 0. The van der Waals surface area contributed by atoms with E-state index >= 15 is 0 Å². The lowest BCUT2D eigenvalue weighted by Crippen LogP contribution is -2.21. The van der Waals surface area contributed by atoms with Gasteiger partial charge in [-0.15, -0.1) is 16.4 Å². The van der Waals surface area contributed by atoms with Crippen LogP contribution in [0.3, 0.4) is 0 Å². The van der Waals surface area contributed by atoms with Crippen molar-refractivity contribution in [1.82, 2.24) is 19.2 Å². The molecule has 0 N–H and O–H groups in total. The Morgan fingerprint density at radius 1 is 1.43 bits per heavy atom. The monoisotopic (exact) mass is 304 g/mol. The van der Waals surface area contributed by atoms with E-state index in [1.807, 2.05) is 37.4 Å².